The lowest BCUT2D eigenvalue weighted by atomic mass is 10.1. The first kappa shape index (κ1) is 24.4. The molecular weight excluding hydrogens is 478 g/mol. The monoisotopic (exact) mass is 509 g/mol. The maximum absolute atomic E-state index is 13.3. The third kappa shape index (κ3) is 4.59. The molecule has 0 bridgehead atoms. The molecule has 1 fully saturated rings. The van der Waals surface area contributed by atoms with Crippen molar-refractivity contribution in [3.63, 3.8) is 0 Å². The van der Waals surface area contributed by atoms with Crippen molar-refractivity contribution in [1.82, 2.24) is 19.4 Å². The summed E-state index contributed by atoms with van der Waals surface area (Å²) < 4.78 is 41.7. The van der Waals surface area contributed by atoms with Gasteiger partial charge in [-0.25, -0.2) is 8.42 Å². The topological polar surface area (TPSA) is 88.9 Å². The fourth-order valence-corrected chi connectivity index (χ4v) is 5.83. The third-order valence-electron chi connectivity index (χ3n) is 6.84. The molecule has 0 radical (unpaired) electrons. The van der Waals surface area contributed by atoms with Gasteiger partial charge in [0.25, 0.3) is 10.0 Å². The molecule has 0 aliphatic carbocycles. The van der Waals surface area contributed by atoms with Gasteiger partial charge >= 0.3 is 0 Å². The van der Waals surface area contributed by atoms with Crippen LogP contribution < -0.4 is 14.2 Å². The molecule has 10 heteroatoms. The molecule has 2 aromatic carbocycles. The van der Waals surface area contributed by atoms with Gasteiger partial charge in [0, 0.05) is 67.6 Å². The van der Waals surface area contributed by atoms with E-state index in [9.17, 15) is 8.42 Å². The molecule has 3 heterocycles. The summed E-state index contributed by atoms with van der Waals surface area (Å²) in [4.78, 5) is 9.14. The van der Waals surface area contributed by atoms with E-state index in [-0.39, 0.29) is 16.5 Å². The molecule has 1 aliphatic rings. The SMILES string of the molecule is COc1ccc(NS(=O)(=O)c2ccc3c(c2)c2cc(CN4CCN(C)CC4)ccc2n3C)c(OC)n1. The molecule has 0 unspecified atom stereocenters. The minimum absolute atomic E-state index is 0.137. The Morgan fingerprint density at radius 3 is 2.28 bits per heavy atom. The number of ether oxygens (including phenoxy) is 2. The molecule has 2 aromatic heterocycles. The first-order valence-corrected chi connectivity index (χ1v) is 13.3. The van der Waals surface area contributed by atoms with Gasteiger partial charge in [0.2, 0.25) is 11.8 Å². The number of methoxy groups -OCH3 is 2. The molecular formula is C26H31N5O4S. The Hall–Kier alpha value is -3.34. The van der Waals surface area contributed by atoms with Crippen LogP contribution in [0.25, 0.3) is 21.8 Å². The van der Waals surface area contributed by atoms with E-state index in [1.54, 1.807) is 24.3 Å². The quantitative estimate of drug-likeness (QED) is 0.409. The molecule has 0 amide bonds. The van der Waals surface area contributed by atoms with Crippen molar-refractivity contribution in [2.45, 2.75) is 11.4 Å². The van der Waals surface area contributed by atoms with Gasteiger partial charge in [0.05, 0.1) is 19.1 Å². The van der Waals surface area contributed by atoms with Crippen molar-refractivity contribution >= 4 is 37.5 Å². The van der Waals surface area contributed by atoms with Crippen molar-refractivity contribution in [3.05, 3.63) is 54.1 Å². The van der Waals surface area contributed by atoms with E-state index in [2.05, 4.69) is 49.3 Å². The smallest absolute Gasteiger partial charge is 0.262 e. The maximum Gasteiger partial charge on any atom is 0.262 e. The second-order valence-corrected chi connectivity index (χ2v) is 10.9. The van der Waals surface area contributed by atoms with Crippen LogP contribution in [0, 0.1) is 0 Å². The van der Waals surface area contributed by atoms with Crippen LogP contribution >= 0.6 is 0 Å². The summed E-state index contributed by atoms with van der Waals surface area (Å²) in [5.74, 6) is 0.470. The number of pyridine rings is 1. The Labute approximate surface area is 211 Å². The number of sulfonamides is 1. The molecule has 0 atom stereocenters. The third-order valence-corrected chi connectivity index (χ3v) is 8.20. The molecule has 0 spiro atoms. The fraction of sp³-hybridized carbons (Fsp3) is 0.346. The second kappa shape index (κ2) is 9.61. The van der Waals surface area contributed by atoms with Gasteiger partial charge in [-0.1, -0.05) is 6.07 Å². The number of anilines is 1. The molecule has 9 nitrogen and oxygen atoms in total. The van der Waals surface area contributed by atoms with Gasteiger partial charge < -0.3 is 18.9 Å². The molecule has 4 aromatic rings. The van der Waals surface area contributed by atoms with Crippen molar-refractivity contribution in [1.29, 1.82) is 0 Å². The number of likely N-dealkylation sites (N-methyl/N-ethyl adjacent to an activating group) is 1. The van der Waals surface area contributed by atoms with E-state index in [1.807, 2.05) is 13.1 Å². The van der Waals surface area contributed by atoms with E-state index in [0.29, 0.717) is 5.88 Å². The number of piperazine rings is 1. The summed E-state index contributed by atoms with van der Waals surface area (Å²) >= 11 is 0. The van der Waals surface area contributed by atoms with Gasteiger partial charge in [-0.2, -0.15) is 4.98 Å². The molecule has 5 rings (SSSR count). The maximum atomic E-state index is 13.3. The Balaban J connectivity index is 1.50. The van der Waals surface area contributed by atoms with Gasteiger partial charge in [0.15, 0.2) is 0 Å². The number of nitrogens with zero attached hydrogens (tertiary/aromatic N) is 4. The van der Waals surface area contributed by atoms with Crippen molar-refractivity contribution in [3.8, 4) is 11.8 Å². The van der Waals surface area contributed by atoms with E-state index in [1.165, 1.54) is 19.8 Å². The van der Waals surface area contributed by atoms with Gasteiger partial charge in [-0.15, -0.1) is 0 Å². The van der Waals surface area contributed by atoms with Crippen LogP contribution in [-0.2, 0) is 23.6 Å². The highest BCUT2D eigenvalue weighted by Crippen LogP contribution is 2.33. The molecule has 0 saturated carbocycles. The number of benzene rings is 2. The van der Waals surface area contributed by atoms with Crippen molar-refractivity contribution in [2.24, 2.45) is 7.05 Å². The minimum Gasteiger partial charge on any atom is -0.481 e. The number of hydrogen-bond donors (Lipinski definition) is 1. The van der Waals surface area contributed by atoms with Crippen LogP contribution in [0.5, 0.6) is 11.8 Å². The summed E-state index contributed by atoms with van der Waals surface area (Å²) in [5, 5.41) is 1.94. The lowest BCUT2D eigenvalue weighted by molar-refractivity contribution is 0.148. The molecule has 1 aliphatic heterocycles. The Morgan fingerprint density at radius 1 is 0.889 bits per heavy atom. The average Bonchev–Trinajstić information content (AvgIpc) is 3.16. The minimum atomic E-state index is -3.89. The van der Waals surface area contributed by atoms with E-state index in [4.69, 9.17) is 9.47 Å². The normalized spacial score (nSPS) is 15.4. The van der Waals surface area contributed by atoms with Crippen LogP contribution in [0.15, 0.2) is 53.4 Å². The van der Waals surface area contributed by atoms with Crippen LogP contribution in [-0.4, -0.2) is 75.2 Å². The van der Waals surface area contributed by atoms with Gasteiger partial charge in [-0.3, -0.25) is 9.62 Å². The predicted octanol–water partition coefficient (Wildman–Crippen LogP) is 3.29. The zero-order valence-corrected chi connectivity index (χ0v) is 21.8. The number of rotatable bonds is 7. The largest absolute Gasteiger partial charge is 0.481 e. The van der Waals surface area contributed by atoms with Crippen LogP contribution in [0.1, 0.15) is 5.56 Å². The van der Waals surface area contributed by atoms with Crippen LogP contribution in [0.2, 0.25) is 0 Å². The highest BCUT2D eigenvalue weighted by Gasteiger charge is 2.20. The zero-order chi connectivity index (χ0) is 25.4. The summed E-state index contributed by atoms with van der Waals surface area (Å²) in [6, 6.07) is 14.9. The standard InChI is InChI=1S/C26H31N5O4S/c1-29-11-13-31(14-12-29)17-18-5-8-23-20(15-18)21-16-19(6-9-24(21)30(23)2)36(32,33)28-22-7-10-25(34-3)27-26(22)35-4/h5-10,15-16,28H,11-14,17H2,1-4H3. The number of fused-ring (bicyclic) bond motifs is 3. The number of aryl methyl sites for hydroxylation is 1. The highest BCUT2D eigenvalue weighted by molar-refractivity contribution is 7.92. The van der Waals surface area contributed by atoms with Crippen molar-refractivity contribution < 1.29 is 17.9 Å². The average molecular weight is 510 g/mol. The number of aromatic nitrogens is 2. The van der Waals surface area contributed by atoms with Gasteiger partial charge in [-0.05, 0) is 49.0 Å². The van der Waals surface area contributed by atoms with Crippen LogP contribution in [0.3, 0.4) is 0 Å². The molecule has 1 N–H and O–H groups in total. The zero-order valence-electron chi connectivity index (χ0n) is 21.0. The van der Waals surface area contributed by atoms with E-state index >= 15 is 0 Å². The Morgan fingerprint density at radius 2 is 1.58 bits per heavy atom. The molecule has 190 valence electrons. The lowest BCUT2D eigenvalue weighted by Gasteiger charge is -2.32. The van der Waals surface area contributed by atoms with E-state index in [0.717, 1.165) is 54.5 Å². The Kier molecular flexibility index (Phi) is 6.50. The number of nitrogens with one attached hydrogen (secondary N) is 1. The first-order valence-electron chi connectivity index (χ1n) is 11.8. The molecule has 36 heavy (non-hydrogen) atoms. The van der Waals surface area contributed by atoms with Gasteiger partial charge in [0.1, 0.15) is 5.69 Å². The first-order chi connectivity index (χ1) is 17.3. The summed E-state index contributed by atoms with van der Waals surface area (Å²) in [6.07, 6.45) is 0. The van der Waals surface area contributed by atoms with E-state index < -0.39 is 10.0 Å². The second-order valence-electron chi connectivity index (χ2n) is 9.18. The van der Waals surface area contributed by atoms with Crippen molar-refractivity contribution in [2.75, 3.05) is 52.2 Å². The van der Waals surface area contributed by atoms with Crippen LogP contribution in [0.4, 0.5) is 5.69 Å². The lowest BCUT2D eigenvalue weighted by Crippen LogP contribution is -2.43. The Bertz CT molecular complexity index is 1520. The summed E-state index contributed by atoms with van der Waals surface area (Å²) in [7, 11) is 3.19. The summed E-state index contributed by atoms with van der Waals surface area (Å²) in [5.41, 5.74) is 3.51. The molecule has 1 saturated heterocycles. The summed E-state index contributed by atoms with van der Waals surface area (Å²) in [6.45, 7) is 5.10. The highest BCUT2D eigenvalue weighted by atomic mass is 32.2. The number of hydrogen-bond acceptors (Lipinski definition) is 7. The fourth-order valence-electron chi connectivity index (χ4n) is 4.75. The predicted molar refractivity (Wildman–Crippen MR) is 141 cm³/mol.